The van der Waals surface area contributed by atoms with Crippen LogP contribution in [0.5, 0.6) is 0 Å². The van der Waals surface area contributed by atoms with Gasteiger partial charge in [0.1, 0.15) is 0 Å². The number of carbonyl (C=O) groups excluding carboxylic acids is 2. The molecule has 0 amide bonds. The number of benzene rings is 1. The first-order valence-electron chi connectivity index (χ1n) is 5.83. The van der Waals surface area contributed by atoms with Crippen molar-refractivity contribution in [3.8, 4) is 0 Å². The Morgan fingerprint density at radius 3 is 2.35 bits per heavy atom. The van der Waals surface area contributed by atoms with E-state index in [2.05, 4.69) is 9.47 Å². The van der Waals surface area contributed by atoms with Crippen molar-refractivity contribution in [2.75, 3.05) is 13.7 Å². The van der Waals surface area contributed by atoms with E-state index in [0.717, 1.165) is 6.08 Å². The zero-order chi connectivity index (χ0) is 15.2. The predicted molar refractivity (Wildman–Crippen MR) is 68.4 cm³/mol. The monoisotopic (exact) mass is 284 g/mol. The summed E-state index contributed by atoms with van der Waals surface area (Å²) in [5, 5.41) is 0. The van der Waals surface area contributed by atoms with Gasteiger partial charge in [-0.05, 0) is 30.7 Å². The number of hydrogen-bond donors (Lipinski definition) is 0. The molecule has 0 aliphatic rings. The van der Waals surface area contributed by atoms with Gasteiger partial charge in [-0.15, -0.1) is 0 Å². The average molecular weight is 284 g/mol. The Hall–Kier alpha value is -2.24. The second kappa shape index (κ2) is 6.79. The molecule has 4 nitrogen and oxygen atoms in total. The van der Waals surface area contributed by atoms with Crippen molar-refractivity contribution < 1.29 is 27.8 Å². The third-order valence-electron chi connectivity index (χ3n) is 2.36. The van der Waals surface area contributed by atoms with Gasteiger partial charge in [-0.25, -0.2) is 9.59 Å². The summed E-state index contributed by atoms with van der Waals surface area (Å²) in [5.41, 5.74) is 0.725. The maximum Gasteiger partial charge on any atom is 0.381 e. The Morgan fingerprint density at radius 2 is 1.85 bits per heavy atom. The summed E-state index contributed by atoms with van der Waals surface area (Å²) in [4.78, 5) is 22.2. The molecule has 108 valence electrons. The van der Waals surface area contributed by atoms with Crippen LogP contribution in [-0.2, 0) is 14.3 Å². The van der Waals surface area contributed by atoms with Crippen molar-refractivity contribution in [1.29, 1.82) is 0 Å². The zero-order valence-electron chi connectivity index (χ0n) is 11.1. The molecular weight excluding hydrogens is 270 g/mol. The molecule has 1 aromatic rings. The minimum Gasteiger partial charge on any atom is -0.465 e. The molecular formula is C14H14F2O4. The van der Waals surface area contributed by atoms with Crippen molar-refractivity contribution in [2.45, 2.75) is 12.8 Å². The van der Waals surface area contributed by atoms with E-state index in [9.17, 15) is 18.4 Å². The summed E-state index contributed by atoms with van der Waals surface area (Å²) in [6, 6.07) is 5.80. The first-order chi connectivity index (χ1) is 9.40. The fourth-order valence-electron chi connectivity index (χ4n) is 1.34. The van der Waals surface area contributed by atoms with Crippen LogP contribution in [0.4, 0.5) is 8.78 Å². The van der Waals surface area contributed by atoms with Gasteiger partial charge < -0.3 is 9.47 Å². The van der Waals surface area contributed by atoms with Crippen LogP contribution in [0.2, 0.25) is 0 Å². The minimum absolute atomic E-state index is 0.115. The standard InChI is InChI=1S/C14H14F2O4/c1-3-20-13(18)14(15,16)9-8-10-4-6-11(7-5-10)12(17)19-2/h4-9H,3H2,1-2H3/b9-8+. The van der Waals surface area contributed by atoms with E-state index in [4.69, 9.17) is 0 Å². The van der Waals surface area contributed by atoms with E-state index in [0.29, 0.717) is 17.2 Å². The van der Waals surface area contributed by atoms with Crippen molar-refractivity contribution in [3.05, 3.63) is 41.5 Å². The van der Waals surface area contributed by atoms with Gasteiger partial charge in [-0.3, -0.25) is 0 Å². The Balaban J connectivity index is 2.80. The first-order valence-corrected chi connectivity index (χ1v) is 5.83. The molecule has 0 radical (unpaired) electrons. The largest absolute Gasteiger partial charge is 0.465 e. The number of esters is 2. The van der Waals surface area contributed by atoms with E-state index in [1.165, 1.54) is 38.3 Å². The van der Waals surface area contributed by atoms with Crippen LogP contribution in [0, 0.1) is 0 Å². The molecule has 20 heavy (non-hydrogen) atoms. The Morgan fingerprint density at radius 1 is 1.25 bits per heavy atom. The third kappa shape index (κ3) is 4.15. The van der Waals surface area contributed by atoms with Crippen molar-refractivity contribution in [3.63, 3.8) is 0 Å². The van der Waals surface area contributed by atoms with Gasteiger partial charge in [0.15, 0.2) is 0 Å². The lowest BCUT2D eigenvalue weighted by molar-refractivity contribution is -0.164. The SMILES string of the molecule is CCOC(=O)C(F)(F)/C=C/c1ccc(C(=O)OC)cc1. The molecule has 0 N–H and O–H groups in total. The predicted octanol–water partition coefficient (Wildman–Crippen LogP) is 2.68. The second-order valence-electron chi connectivity index (χ2n) is 3.79. The maximum absolute atomic E-state index is 13.3. The highest BCUT2D eigenvalue weighted by molar-refractivity contribution is 5.89. The number of carbonyl (C=O) groups is 2. The fraction of sp³-hybridized carbons (Fsp3) is 0.286. The van der Waals surface area contributed by atoms with Crippen molar-refractivity contribution >= 4 is 18.0 Å². The molecule has 0 aliphatic heterocycles. The Kier molecular flexibility index (Phi) is 5.37. The molecule has 0 fully saturated rings. The van der Waals surface area contributed by atoms with Gasteiger partial charge in [-0.1, -0.05) is 18.2 Å². The topological polar surface area (TPSA) is 52.6 Å². The summed E-state index contributed by atoms with van der Waals surface area (Å²) in [7, 11) is 1.25. The highest BCUT2D eigenvalue weighted by atomic mass is 19.3. The molecule has 0 aliphatic carbocycles. The summed E-state index contributed by atoms with van der Waals surface area (Å²) >= 11 is 0. The van der Waals surface area contributed by atoms with Crippen LogP contribution in [0.25, 0.3) is 6.08 Å². The van der Waals surface area contributed by atoms with Crippen LogP contribution in [0.1, 0.15) is 22.8 Å². The second-order valence-corrected chi connectivity index (χ2v) is 3.79. The van der Waals surface area contributed by atoms with Crippen LogP contribution in [0.15, 0.2) is 30.3 Å². The highest BCUT2D eigenvalue weighted by Gasteiger charge is 2.37. The molecule has 0 saturated carbocycles. The smallest absolute Gasteiger partial charge is 0.381 e. The van der Waals surface area contributed by atoms with Gasteiger partial charge in [0.2, 0.25) is 0 Å². The molecule has 0 aromatic heterocycles. The zero-order valence-corrected chi connectivity index (χ0v) is 11.1. The number of alkyl halides is 2. The summed E-state index contributed by atoms with van der Waals surface area (Å²) in [6.07, 6.45) is 1.54. The summed E-state index contributed by atoms with van der Waals surface area (Å²) < 4.78 is 35.4. The Labute approximate surface area is 115 Å². The molecule has 0 atom stereocenters. The average Bonchev–Trinajstić information content (AvgIpc) is 2.45. The number of halogens is 2. The van der Waals surface area contributed by atoms with Crippen molar-refractivity contribution in [1.82, 2.24) is 0 Å². The molecule has 1 rings (SSSR count). The molecule has 6 heteroatoms. The minimum atomic E-state index is -3.68. The van der Waals surface area contributed by atoms with Gasteiger partial charge >= 0.3 is 17.9 Å². The molecule has 0 saturated heterocycles. The molecule has 1 aromatic carbocycles. The molecule has 0 spiro atoms. The van der Waals surface area contributed by atoms with E-state index in [1.54, 1.807) is 0 Å². The summed E-state index contributed by atoms with van der Waals surface area (Å²) in [5.74, 6) is -5.79. The van der Waals surface area contributed by atoms with Crippen LogP contribution in [0.3, 0.4) is 0 Å². The van der Waals surface area contributed by atoms with Gasteiger partial charge in [-0.2, -0.15) is 8.78 Å². The number of ether oxygens (including phenoxy) is 2. The molecule has 0 unspecified atom stereocenters. The van der Waals surface area contributed by atoms with Crippen molar-refractivity contribution in [2.24, 2.45) is 0 Å². The fourth-order valence-corrected chi connectivity index (χ4v) is 1.34. The number of rotatable bonds is 5. The Bertz CT molecular complexity index is 506. The lowest BCUT2D eigenvalue weighted by Gasteiger charge is -2.09. The van der Waals surface area contributed by atoms with Gasteiger partial charge in [0, 0.05) is 0 Å². The van der Waals surface area contributed by atoms with E-state index >= 15 is 0 Å². The van der Waals surface area contributed by atoms with Crippen LogP contribution >= 0.6 is 0 Å². The molecule has 0 heterocycles. The van der Waals surface area contributed by atoms with E-state index in [-0.39, 0.29) is 6.61 Å². The first kappa shape index (κ1) is 15.8. The highest BCUT2D eigenvalue weighted by Crippen LogP contribution is 2.19. The maximum atomic E-state index is 13.3. The quantitative estimate of drug-likeness (QED) is 0.780. The summed E-state index contributed by atoms with van der Waals surface area (Å²) in [6.45, 7) is 1.33. The third-order valence-corrected chi connectivity index (χ3v) is 2.36. The van der Waals surface area contributed by atoms with Crippen LogP contribution in [-0.4, -0.2) is 31.6 Å². The normalized spacial score (nSPS) is 11.4. The van der Waals surface area contributed by atoms with E-state index in [1.807, 2.05) is 0 Å². The number of hydrogen-bond acceptors (Lipinski definition) is 4. The van der Waals surface area contributed by atoms with Gasteiger partial charge in [0.05, 0.1) is 19.3 Å². The van der Waals surface area contributed by atoms with Crippen LogP contribution < -0.4 is 0 Å². The molecule has 0 bridgehead atoms. The lowest BCUT2D eigenvalue weighted by atomic mass is 10.1. The van der Waals surface area contributed by atoms with E-state index < -0.39 is 17.9 Å². The van der Waals surface area contributed by atoms with Gasteiger partial charge in [0.25, 0.3) is 0 Å². The number of methoxy groups -OCH3 is 1. The lowest BCUT2D eigenvalue weighted by Crippen LogP contribution is -2.28.